The van der Waals surface area contributed by atoms with Gasteiger partial charge in [0.05, 0.1) is 19.3 Å². The molecule has 1 aromatic rings. The summed E-state index contributed by atoms with van der Waals surface area (Å²) in [7, 11) is 0. The van der Waals surface area contributed by atoms with Crippen molar-refractivity contribution in [1.29, 1.82) is 0 Å². The number of morpholine rings is 1. The third-order valence-electron chi connectivity index (χ3n) is 2.77. The summed E-state index contributed by atoms with van der Waals surface area (Å²) in [5.74, 6) is 0. The summed E-state index contributed by atoms with van der Waals surface area (Å²) >= 11 is 3.42. The second-order valence-electron chi connectivity index (χ2n) is 4.07. The summed E-state index contributed by atoms with van der Waals surface area (Å²) in [6, 6.07) is 8.68. The molecule has 1 aliphatic heterocycles. The van der Waals surface area contributed by atoms with Crippen LogP contribution in [0.2, 0.25) is 0 Å². The molecule has 1 fully saturated rings. The highest BCUT2D eigenvalue weighted by molar-refractivity contribution is 9.10. The van der Waals surface area contributed by atoms with E-state index in [1.165, 1.54) is 5.56 Å². The van der Waals surface area contributed by atoms with E-state index in [0.29, 0.717) is 12.6 Å². The molecular weight excluding hydrogens is 270 g/mol. The Balaban J connectivity index is 1.84. The minimum atomic E-state index is -0.0406. The van der Waals surface area contributed by atoms with E-state index in [2.05, 4.69) is 45.5 Å². The van der Waals surface area contributed by atoms with Gasteiger partial charge in [0.2, 0.25) is 0 Å². The maximum atomic E-state index is 8.93. The number of rotatable bonds is 3. The first kappa shape index (κ1) is 12.0. The lowest BCUT2D eigenvalue weighted by Crippen LogP contribution is -2.48. The molecule has 0 spiro atoms. The number of benzene rings is 1. The van der Waals surface area contributed by atoms with Gasteiger partial charge in [0, 0.05) is 17.1 Å². The van der Waals surface area contributed by atoms with Crippen LogP contribution in [0.15, 0.2) is 28.7 Å². The first-order chi connectivity index (χ1) is 7.78. The Morgan fingerprint density at radius 3 is 2.69 bits per heavy atom. The number of hydrogen-bond acceptors (Lipinski definition) is 3. The Labute approximate surface area is 104 Å². The summed E-state index contributed by atoms with van der Waals surface area (Å²) < 4.78 is 6.62. The predicted octanol–water partition coefficient (Wildman–Crippen LogP) is 1.34. The second-order valence-corrected chi connectivity index (χ2v) is 4.99. The van der Waals surface area contributed by atoms with Crippen molar-refractivity contribution < 1.29 is 9.84 Å². The molecule has 16 heavy (non-hydrogen) atoms. The summed E-state index contributed by atoms with van der Waals surface area (Å²) in [4.78, 5) is 0. The van der Waals surface area contributed by atoms with E-state index in [1.54, 1.807) is 0 Å². The van der Waals surface area contributed by atoms with E-state index in [0.717, 1.165) is 17.4 Å². The van der Waals surface area contributed by atoms with Crippen molar-refractivity contribution in [1.82, 2.24) is 5.32 Å². The number of ether oxygens (including phenoxy) is 1. The van der Waals surface area contributed by atoms with E-state index in [1.807, 2.05) is 0 Å². The normalized spacial score (nSPS) is 25.6. The molecule has 88 valence electrons. The lowest BCUT2D eigenvalue weighted by Gasteiger charge is -2.29. The minimum absolute atomic E-state index is 0.0406. The van der Waals surface area contributed by atoms with Gasteiger partial charge < -0.3 is 15.2 Å². The zero-order valence-corrected chi connectivity index (χ0v) is 10.6. The molecule has 2 unspecified atom stereocenters. The van der Waals surface area contributed by atoms with Gasteiger partial charge in [-0.3, -0.25) is 0 Å². The Kier molecular flexibility index (Phi) is 4.35. The molecule has 2 N–H and O–H groups in total. The SMILES string of the molecule is OCC1CNC(Cc2ccc(Br)cc2)CO1. The zero-order valence-electron chi connectivity index (χ0n) is 9.03. The Morgan fingerprint density at radius 1 is 1.38 bits per heavy atom. The number of aliphatic hydroxyl groups is 1. The highest BCUT2D eigenvalue weighted by Gasteiger charge is 2.20. The van der Waals surface area contributed by atoms with Gasteiger partial charge in [-0.25, -0.2) is 0 Å². The highest BCUT2D eigenvalue weighted by atomic mass is 79.9. The first-order valence-corrected chi connectivity index (χ1v) is 6.27. The maximum absolute atomic E-state index is 8.93. The molecule has 0 radical (unpaired) electrons. The largest absolute Gasteiger partial charge is 0.394 e. The fourth-order valence-electron chi connectivity index (χ4n) is 1.82. The summed E-state index contributed by atoms with van der Waals surface area (Å²) in [6.45, 7) is 1.50. The van der Waals surface area contributed by atoms with Crippen LogP contribution in [0.4, 0.5) is 0 Å². The van der Waals surface area contributed by atoms with E-state index >= 15 is 0 Å². The van der Waals surface area contributed by atoms with Crippen LogP contribution in [-0.2, 0) is 11.2 Å². The van der Waals surface area contributed by atoms with Crippen molar-refractivity contribution >= 4 is 15.9 Å². The van der Waals surface area contributed by atoms with Gasteiger partial charge in [-0.1, -0.05) is 28.1 Å². The van der Waals surface area contributed by atoms with Crippen LogP contribution >= 0.6 is 15.9 Å². The number of halogens is 1. The van der Waals surface area contributed by atoms with E-state index in [-0.39, 0.29) is 12.7 Å². The summed E-state index contributed by atoms with van der Waals surface area (Å²) in [6.07, 6.45) is 0.923. The molecule has 0 bridgehead atoms. The molecular formula is C12H16BrNO2. The van der Waals surface area contributed by atoms with Crippen LogP contribution in [0, 0.1) is 0 Å². The number of hydrogen-bond donors (Lipinski definition) is 2. The molecule has 1 aromatic carbocycles. The molecule has 1 saturated heterocycles. The summed E-state index contributed by atoms with van der Waals surface area (Å²) in [5.41, 5.74) is 1.30. The number of aliphatic hydroxyl groups excluding tert-OH is 1. The number of nitrogens with one attached hydrogen (secondary N) is 1. The Bertz CT molecular complexity index is 320. The van der Waals surface area contributed by atoms with E-state index < -0.39 is 0 Å². The lowest BCUT2D eigenvalue weighted by molar-refractivity contribution is -0.0252. The average Bonchev–Trinajstić information content (AvgIpc) is 2.33. The van der Waals surface area contributed by atoms with Crippen molar-refractivity contribution in [3.63, 3.8) is 0 Å². The van der Waals surface area contributed by atoms with Crippen LogP contribution < -0.4 is 5.32 Å². The standard InChI is InChI=1S/C12H16BrNO2/c13-10-3-1-9(2-4-10)5-11-8-16-12(7-15)6-14-11/h1-4,11-12,14-15H,5-8H2. The van der Waals surface area contributed by atoms with Crippen molar-refractivity contribution in [2.24, 2.45) is 0 Å². The molecule has 1 heterocycles. The van der Waals surface area contributed by atoms with Crippen molar-refractivity contribution in [2.75, 3.05) is 19.8 Å². The molecule has 2 rings (SSSR count). The molecule has 1 aliphatic rings. The molecule has 0 amide bonds. The molecule has 0 saturated carbocycles. The predicted molar refractivity (Wildman–Crippen MR) is 66.5 cm³/mol. The second kappa shape index (κ2) is 5.77. The zero-order chi connectivity index (χ0) is 11.4. The lowest BCUT2D eigenvalue weighted by atomic mass is 10.1. The van der Waals surface area contributed by atoms with Gasteiger partial charge in [-0.2, -0.15) is 0 Å². The van der Waals surface area contributed by atoms with Gasteiger partial charge >= 0.3 is 0 Å². The maximum Gasteiger partial charge on any atom is 0.0930 e. The molecule has 0 aromatic heterocycles. The average molecular weight is 286 g/mol. The van der Waals surface area contributed by atoms with Gasteiger partial charge in [0.25, 0.3) is 0 Å². The van der Waals surface area contributed by atoms with Crippen molar-refractivity contribution in [2.45, 2.75) is 18.6 Å². The van der Waals surface area contributed by atoms with Gasteiger partial charge in [0.15, 0.2) is 0 Å². The van der Waals surface area contributed by atoms with Crippen molar-refractivity contribution in [3.05, 3.63) is 34.3 Å². The van der Waals surface area contributed by atoms with Crippen LogP contribution in [0.3, 0.4) is 0 Å². The monoisotopic (exact) mass is 285 g/mol. The summed E-state index contributed by atoms with van der Waals surface area (Å²) in [5, 5.41) is 12.3. The van der Waals surface area contributed by atoms with E-state index in [9.17, 15) is 0 Å². The van der Waals surface area contributed by atoms with Gasteiger partial charge in [0.1, 0.15) is 0 Å². The molecule has 0 aliphatic carbocycles. The quantitative estimate of drug-likeness (QED) is 0.881. The van der Waals surface area contributed by atoms with Crippen LogP contribution in [0.25, 0.3) is 0 Å². The highest BCUT2D eigenvalue weighted by Crippen LogP contribution is 2.13. The van der Waals surface area contributed by atoms with Gasteiger partial charge in [-0.15, -0.1) is 0 Å². The topological polar surface area (TPSA) is 41.5 Å². The van der Waals surface area contributed by atoms with Crippen LogP contribution in [0.5, 0.6) is 0 Å². The fourth-order valence-corrected chi connectivity index (χ4v) is 2.09. The van der Waals surface area contributed by atoms with Gasteiger partial charge in [-0.05, 0) is 24.1 Å². The third kappa shape index (κ3) is 3.28. The van der Waals surface area contributed by atoms with Crippen LogP contribution in [0.1, 0.15) is 5.56 Å². The van der Waals surface area contributed by atoms with Crippen LogP contribution in [-0.4, -0.2) is 37.0 Å². The van der Waals surface area contributed by atoms with E-state index in [4.69, 9.17) is 9.84 Å². The Hall–Kier alpha value is -0.420. The molecule has 4 heteroatoms. The van der Waals surface area contributed by atoms with Crippen molar-refractivity contribution in [3.8, 4) is 0 Å². The molecule has 3 nitrogen and oxygen atoms in total. The Morgan fingerprint density at radius 2 is 2.12 bits per heavy atom. The third-order valence-corrected chi connectivity index (χ3v) is 3.29. The fraction of sp³-hybridized carbons (Fsp3) is 0.500. The minimum Gasteiger partial charge on any atom is -0.394 e. The molecule has 2 atom stereocenters. The smallest absolute Gasteiger partial charge is 0.0930 e. The first-order valence-electron chi connectivity index (χ1n) is 5.48.